The van der Waals surface area contributed by atoms with Crippen LogP contribution in [0.4, 0.5) is 10.7 Å². The van der Waals surface area contributed by atoms with Crippen molar-refractivity contribution in [2.24, 2.45) is 5.73 Å². The first-order valence-corrected chi connectivity index (χ1v) is 8.04. The predicted molar refractivity (Wildman–Crippen MR) is 91.0 cm³/mol. The van der Waals surface area contributed by atoms with E-state index in [1.165, 1.54) is 24.9 Å². The molecule has 0 fully saturated rings. The van der Waals surface area contributed by atoms with Gasteiger partial charge in [-0.25, -0.2) is 4.79 Å². The third-order valence-corrected chi connectivity index (χ3v) is 4.63. The van der Waals surface area contributed by atoms with Gasteiger partial charge in [0.1, 0.15) is 17.4 Å². The maximum atomic E-state index is 12.1. The van der Waals surface area contributed by atoms with E-state index in [9.17, 15) is 24.5 Å². The minimum atomic E-state index is -0.720. The van der Waals surface area contributed by atoms with Crippen LogP contribution in [0.2, 0.25) is 0 Å². The van der Waals surface area contributed by atoms with Gasteiger partial charge in [0.05, 0.1) is 22.5 Å². The summed E-state index contributed by atoms with van der Waals surface area (Å²) in [7, 11) is 1.18. The van der Waals surface area contributed by atoms with Crippen molar-refractivity contribution in [1.82, 2.24) is 9.78 Å². The fourth-order valence-corrected chi connectivity index (χ4v) is 3.22. The quantitative estimate of drug-likeness (QED) is 0.412. The number of methoxy groups -OCH3 is 1. The molecular weight excluding hydrogens is 366 g/mol. The topological polar surface area (TPSA) is 159 Å². The molecule has 2 aromatic rings. The van der Waals surface area contributed by atoms with E-state index in [1.807, 2.05) is 0 Å². The highest BCUT2D eigenvalue weighted by atomic mass is 32.1. The Morgan fingerprint density at radius 1 is 1.46 bits per heavy atom. The number of anilines is 1. The van der Waals surface area contributed by atoms with Gasteiger partial charge in [-0.15, -0.1) is 11.3 Å². The molecule has 2 aromatic heterocycles. The van der Waals surface area contributed by atoms with Crippen molar-refractivity contribution in [1.29, 1.82) is 0 Å². The number of carbonyl (C=O) groups excluding carboxylic acids is 3. The third kappa shape index (κ3) is 4.03. The number of nitrogens with one attached hydrogen (secondary N) is 1. The number of aryl methyl sites for hydroxylation is 1. The summed E-state index contributed by atoms with van der Waals surface area (Å²) in [5.41, 5.74) is 5.48. The van der Waals surface area contributed by atoms with Crippen molar-refractivity contribution in [3.05, 3.63) is 38.5 Å². The highest BCUT2D eigenvalue weighted by Gasteiger charge is 2.25. The normalized spacial score (nSPS) is 10.4. The zero-order valence-electron chi connectivity index (χ0n) is 13.8. The minimum absolute atomic E-state index is 0.0533. The van der Waals surface area contributed by atoms with E-state index in [0.717, 1.165) is 17.5 Å². The number of nitro groups is 1. The standard InChI is InChI=1S/C14H15N5O6S/c1-7-10(14(22)25-2)13(26-11(7)12(15)21)17-9(20)3-4-18-6-8(5-16-18)19(23)24/h5-6H,3-4H2,1-2H3,(H2,15,21)(H,17,20). The molecule has 0 radical (unpaired) electrons. The summed E-state index contributed by atoms with van der Waals surface area (Å²) >= 11 is 0.877. The van der Waals surface area contributed by atoms with Crippen LogP contribution in [0.5, 0.6) is 0 Å². The van der Waals surface area contributed by atoms with Crippen molar-refractivity contribution < 1.29 is 24.0 Å². The highest BCUT2D eigenvalue weighted by molar-refractivity contribution is 7.18. The molecule has 0 saturated carbocycles. The van der Waals surface area contributed by atoms with E-state index in [0.29, 0.717) is 5.56 Å². The van der Waals surface area contributed by atoms with Crippen LogP contribution in [-0.2, 0) is 16.1 Å². The maximum absolute atomic E-state index is 12.1. The lowest BCUT2D eigenvalue weighted by molar-refractivity contribution is -0.385. The first-order valence-electron chi connectivity index (χ1n) is 7.22. The number of esters is 1. The molecule has 0 saturated heterocycles. The van der Waals surface area contributed by atoms with Crippen LogP contribution in [0.15, 0.2) is 12.4 Å². The summed E-state index contributed by atoms with van der Waals surface area (Å²) in [5, 5.41) is 17.1. The lowest BCUT2D eigenvalue weighted by atomic mass is 10.1. The number of nitrogens with zero attached hydrogens (tertiary/aromatic N) is 3. The number of hydrogen-bond donors (Lipinski definition) is 2. The summed E-state index contributed by atoms with van der Waals surface area (Å²) in [4.78, 5) is 45.7. The largest absolute Gasteiger partial charge is 0.465 e. The molecule has 138 valence electrons. The Morgan fingerprint density at radius 3 is 2.69 bits per heavy atom. The molecule has 0 bridgehead atoms. The van der Waals surface area contributed by atoms with E-state index in [1.54, 1.807) is 0 Å². The monoisotopic (exact) mass is 381 g/mol. The maximum Gasteiger partial charge on any atom is 0.341 e. The van der Waals surface area contributed by atoms with Gasteiger partial charge in [0.25, 0.3) is 5.91 Å². The number of hydrogen-bond acceptors (Lipinski definition) is 8. The van der Waals surface area contributed by atoms with E-state index in [-0.39, 0.29) is 34.1 Å². The third-order valence-electron chi connectivity index (χ3n) is 3.41. The Morgan fingerprint density at radius 2 is 2.15 bits per heavy atom. The molecule has 0 atom stereocenters. The van der Waals surface area contributed by atoms with Gasteiger partial charge < -0.3 is 15.8 Å². The van der Waals surface area contributed by atoms with Gasteiger partial charge in [-0.1, -0.05) is 0 Å². The number of nitrogens with two attached hydrogens (primary N) is 1. The average molecular weight is 381 g/mol. The Labute approximate surface area is 150 Å². The number of thiophene rings is 1. The van der Waals surface area contributed by atoms with E-state index >= 15 is 0 Å². The van der Waals surface area contributed by atoms with Crippen molar-refractivity contribution in [2.75, 3.05) is 12.4 Å². The first-order chi connectivity index (χ1) is 12.2. The van der Waals surface area contributed by atoms with Gasteiger partial charge in [-0.2, -0.15) is 5.10 Å². The van der Waals surface area contributed by atoms with Gasteiger partial charge >= 0.3 is 11.7 Å². The molecule has 0 aliphatic heterocycles. The van der Waals surface area contributed by atoms with E-state index in [4.69, 9.17) is 5.73 Å². The fraction of sp³-hybridized carbons (Fsp3) is 0.286. The van der Waals surface area contributed by atoms with Crippen LogP contribution in [0.3, 0.4) is 0 Å². The van der Waals surface area contributed by atoms with Crippen LogP contribution >= 0.6 is 11.3 Å². The van der Waals surface area contributed by atoms with E-state index in [2.05, 4.69) is 15.2 Å². The van der Waals surface area contributed by atoms with Gasteiger partial charge in [-0.3, -0.25) is 24.4 Å². The second kappa shape index (κ2) is 7.74. The van der Waals surface area contributed by atoms with Gasteiger partial charge in [0.15, 0.2) is 0 Å². The molecule has 11 nitrogen and oxygen atoms in total. The van der Waals surface area contributed by atoms with E-state index < -0.39 is 22.7 Å². The van der Waals surface area contributed by atoms with Crippen molar-refractivity contribution in [2.45, 2.75) is 19.9 Å². The zero-order chi connectivity index (χ0) is 19.4. The predicted octanol–water partition coefficient (Wildman–Crippen LogP) is 1.08. The summed E-state index contributed by atoms with van der Waals surface area (Å²) in [6, 6.07) is 0. The molecule has 12 heteroatoms. The molecule has 2 heterocycles. The Hall–Kier alpha value is -3.28. The molecular formula is C14H15N5O6S. The summed E-state index contributed by atoms with van der Waals surface area (Å²) in [6.45, 7) is 1.63. The van der Waals surface area contributed by atoms with Crippen molar-refractivity contribution >= 4 is 39.8 Å². The average Bonchev–Trinajstić information content (AvgIpc) is 3.17. The molecule has 0 aromatic carbocycles. The zero-order valence-corrected chi connectivity index (χ0v) is 14.7. The molecule has 2 rings (SSSR count). The van der Waals surface area contributed by atoms with Crippen molar-refractivity contribution in [3.63, 3.8) is 0 Å². The number of aromatic nitrogens is 2. The van der Waals surface area contributed by atoms with Crippen molar-refractivity contribution in [3.8, 4) is 0 Å². The van der Waals surface area contributed by atoms with Gasteiger partial charge in [-0.05, 0) is 12.5 Å². The second-order valence-corrected chi connectivity index (χ2v) is 6.15. The number of rotatable bonds is 7. The smallest absolute Gasteiger partial charge is 0.341 e. The van der Waals surface area contributed by atoms with Crippen LogP contribution < -0.4 is 11.1 Å². The molecule has 0 aliphatic carbocycles. The Kier molecular flexibility index (Phi) is 5.67. The molecule has 0 unspecified atom stereocenters. The number of carbonyl (C=O) groups is 3. The lowest BCUT2D eigenvalue weighted by Crippen LogP contribution is -2.16. The fourth-order valence-electron chi connectivity index (χ4n) is 2.16. The second-order valence-electron chi connectivity index (χ2n) is 5.13. The number of primary amides is 1. The summed E-state index contributed by atoms with van der Waals surface area (Å²) < 4.78 is 5.93. The molecule has 0 aliphatic rings. The Balaban J connectivity index is 2.12. The highest BCUT2D eigenvalue weighted by Crippen LogP contribution is 2.33. The van der Waals surface area contributed by atoms with Gasteiger partial charge in [0, 0.05) is 13.0 Å². The first kappa shape index (κ1) is 19.1. The molecule has 3 N–H and O–H groups in total. The SMILES string of the molecule is COC(=O)c1c(NC(=O)CCn2cc([N+](=O)[O-])cn2)sc(C(N)=O)c1C. The molecule has 26 heavy (non-hydrogen) atoms. The molecule has 2 amide bonds. The summed E-state index contributed by atoms with van der Waals surface area (Å²) in [5.74, 6) is -1.89. The van der Waals surface area contributed by atoms with Crippen LogP contribution in [0, 0.1) is 17.0 Å². The number of amides is 2. The van der Waals surface area contributed by atoms with Crippen LogP contribution in [0.1, 0.15) is 32.0 Å². The Bertz CT molecular complexity index is 887. The minimum Gasteiger partial charge on any atom is -0.465 e. The number of ether oxygens (including phenoxy) is 1. The van der Waals surface area contributed by atoms with Crippen LogP contribution in [0.25, 0.3) is 0 Å². The summed E-state index contributed by atoms with van der Waals surface area (Å²) in [6.07, 6.45) is 2.23. The molecule has 0 spiro atoms. The van der Waals surface area contributed by atoms with Gasteiger partial charge in [0.2, 0.25) is 5.91 Å². The lowest BCUT2D eigenvalue weighted by Gasteiger charge is -2.06. The van der Waals surface area contributed by atoms with Crippen LogP contribution in [-0.4, -0.2) is 39.6 Å².